The molecule has 2 rings (SSSR count). The predicted molar refractivity (Wildman–Crippen MR) is 96.8 cm³/mol. The maximum Gasteiger partial charge on any atom is 0.258 e. The molecule has 2 aromatic rings. The zero-order valence-corrected chi connectivity index (χ0v) is 14.5. The summed E-state index contributed by atoms with van der Waals surface area (Å²) in [6.07, 6.45) is -0.665. The molecule has 1 amide bonds. The summed E-state index contributed by atoms with van der Waals surface area (Å²) in [4.78, 5) is 13.5. The van der Waals surface area contributed by atoms with Crippen LogP contribution in [0.2, 0.25) is 0 Å². The maximum atomic E-state index is 12.6. The average molecular weight is 340 g/mol. The smallest absolute Gasteiger partial charge is 0.258 e. The molecule has 2 aromatic carbocycles. The van der Waals surface area contributed by atoms with Gasteiger partial charge in [-0.05, 0) is 24.6 Å². The lowest BCUT2D eigenvalue weighted by molar-refractivity contribution is -0.126. The molecule has 5 heteroatoms. The quantitative estimate of drug-likeness (QED) is 0.765. The zero-order valence-electron chi connectivity index (χ0n) is 13.7. The van der Waals surface area contributed by atoms with E-state index in [1.807, 2.05) is 61.5 Å². The molecule has 0 spiro atoms. The van der Waals surface area contributed by atoms with Crippen LogP contribution in [0.5, 0.6) is 0 Å². The number of benzene rings is 2. The van der Waals surface area contributed by atoms with Crippen molar-refractivity contribution in [3.8, 4) is 6.07 Å². The Balaban J connectivity index is 2.12. The normalized spacial score (nSPS) is 12.9. The average Bonchev–Trinajstić information content (AvgIpc) is 2.62. The van der Waals surface area contributed by atoms with Gasteiger partial charge in [0.1, 0.15) is 0 Å². The Morgan fingerprint density at radius 3 is 2.54 bits per heavy atom. The van der Waals surface area contributed by atoms with Crippen LogP contribution in [0, 0.1) is 17.2 Å². The molecule has 0 bridgehead atoms. The second kappa shape index (κ2) is 9.11. The van der Waals surface area contributed by atoms with E-state index >= 15 is 0 Å². The molecular weight excluding hydrogens is 320 g/mol. The fourth-order valence-corrected chi connectivity index (χ4v) is 3.12. The maximum absolute atomic E-state index is 12.6. The number of hydrogen-bond donors (Lipinski definition) is 1. The van der Waals surface area contributed by atoms with Gasteiger partial charge in [-0.3, -0.25) is 4.79 Å². The van der Waals surface area contributed by atoms with E-state index < -0.39 is 6.10 Å². The van der Waals surface area contributed by atoms with Gasteiger partial charge >= 0.3 is 0 Å². The Hall–Kier alpha value is -2.29. The second-order valence-corrected chi connectivity index (χ2v) is 6.41. The number of methoxy groups -OCH3 is 1. The summed E-state index contributed by atoms with van der Waals surface area (Å²) >= 11 is 1.56. The van der Waals surface area contributed by atoms with E-state index in [2.05, 4.69) is 11.4 Å². The highest BCUT2D eigenvalue weighted by atomic mass is 32.2. The number of carbonyl (C=O) groups excluding carboxylic acids is 1. The van der Waals surface area contributed by atoms with Crippen molar-refractivity contribution in [3.05, 3.63) is 60.2 Å². The van der Waals surface area contributed by atoms with Crippen molar-refractivity contribution in [2.45, 2.75) is 17.9 Å². The number of nitrogens with one attached hydrogen (secondary N) is 1. The SMILES string of the molecule is CO[C@H](C(=O)Nc1ccccc1SC[C@@H](C)C#N)c1ccccc1. The van der Waals surface area contributed by atoms with E-state index in [1.165, 1.54) is 7.11 Å². The van der Waals surface area contributed by atoms with E-state index in [4.69, 9.17) is 10.00 Å². The molecule has 4 nitrogen and oxygen atoms in total. The Kier molecular flexibility index (Phi) is 6.86. The highest BCUT2D eigenvalue weighted by molar-refractivity contribution is 7.99. The highest BCUT2D eigenvalue weighted by Crippen LogP contribution is 2.29. The Labute approximate surface area is 146 Å². The predicted octanol–water partition coefficient (Wildman–Crippen LogP) is 4.26. The van der Waals surface area contributed by atoms with Crippen LogP contribution in [0.25, 0.3) is 0 Å². The molecule has 0 heterocycles. The van der Waals surface area contributed by atoms with Gasteiger partial charge in [0.15, 0.2) is 6.10 Å². The summed E-state index contributed by atoms with van der Waals surface area (Å²) in [6, 6.07) is 19.2. The first kappa shape index (κ1) is 18.1. The van der Waals surface area contributed by atoms with Crippen molar-refractivity contribution in [1.29, 1.82) is 5.26 Å². The number of para-hydroxylation sites is 1. The molecule has 24 heavy (non-hydrogen) atoms. The largest absolute Gasteiger partial charge is 0.367 e. The first-order valence-corrected chi connectivity index (χ1v) is 8.64. The van der Waals surface area contributed by atoms with Gasteiger partial charge < -0.3 is 10.1 Å². The number of thioether (sulfide) groups is 1. The number of nitrogens with zero attached hydrogens (tertiary/aromatic N) is 1. The van der Waals surface area contributed by atoms with Gasteiger partial charge in [0, 0.05) is 17.8 Å². The van der Waals surface area contributed by atoms with Gasteiger partial charge in [-0.15, -0.1) is 11.8 Å². The van der Waals surface area contributed by atoms with Crippen LogP contribution in [0.1, 0.15) is 18.6 Å². The molecule has 0 aliphatic rings. The lowest BCUT2D eigenvalue weighted by Gasteiger charge is -2.17. The number of hydrogen-bond acceptors (Lipinski definition) is 4. The molecule has 0 fully saturated rings. The van der Waals surface area contributed by atoms with Gasteiger partial charge in [-0.1, -0.05) is 42.5 Å². The van der Waals surface area contributed by atoms with Gasteiger partial charge in [0.2, 0.25) is 0 Å². The van der Waals surface area contributed by atoms with Crippen molar-refractivity contribution in [2.24, 2.45) is 5.92 Å². The molecule has 0 saturated carbocycles. The highest BCUT2D eigenvalue weighted by Gasteiger charge is 2.20. The van der Waals surface area contributed by atoms with Crippen LogP contribution in [0.3, 0.4) is 0 Å². The summed E-state index contributed by atoms with van der Waals surface area (Å²) in [7, 11) is 1.52. The lowest BCUT2D eigenvalue weighted by Crippen LogP contribution is -2.22. The number of carbonyl (C=O) groups is 1. The van der Waals surface area contributed by atoms with Gasteiger partial charge in [0.25, 0.3) is 5.91 Å². The molecular formula is C19H20N2O2S. The molecule has 0 radical (unpaired) electrons. The van der Waals surface area contributed by atoms with Gasteiger partial charge in [-0.2, -0.15) is 5.26 Å². The third-order valence-corrected chi connectivity index (χ3v) is 4.76. The standard InChI is InChI=1S/C19H20N2O2S/c1-14(12-20)13-24-17-11-7-6-10-16(17)21-19(22)18(23-2)15-8-4-3-5-9-15/h3-11,14,18H,13H2,1-2H3,(H,21,22)/t14-,18-/m0/s1. The van der Waals surface area contributed by atoms with E-state index in [0.717, 1.165) is 16.1 Å². The molecule has 0 aliphatic carbocycles. The van der Waals surface area contributed by atoms with Crippen LogP contribution in [0.4, 0.5) is 5.69 Å². The summed E-state index contributed by atoms with van der Waals surface area (Å²) < 4.78 is 5.36. The lowest BCUT2D eigenvalue weighted by atomic mass is 10.1. The van der Waals surface area contributed by atoms with Crippen LogP contribution in [-0.4, -0.2) is 18.8 Å². The Morgan fingerprint density at radius 1 is 1.21 bits per heavy atom. The molecule has 1 N–H and O–H groups in total. The van der Waals surface area contributed by atoms with Crippen molar-refractivity contribution >= 4 is 23.4 Å². The molecule has 0 saturated heterocycles. The number of nitriles is 1. The topological polar surface area (TPSA) is 62.1 Å². The van der Waals surface area contributed by atoms with Crippen LogP contribution in [-0.2, 0) is 9.53 Å². The third kappa shape index (κ3) is 4.85. The molecule has 0 unspecified atom stereocenters. The molecule has 2 atom stereocenters. The molecule has 0 aliphatic heterocycles. The minimum absolute atomic E-state index is 0.0465. The number of rotatable bonds is 7. The van der Waals surface area contributed by atoms with Crippen molar-refractivity contribution in [2.75, 3.05) is 18.2 Å². The van der Waals surface area contributed by atoms with Crippen molar-refractivity contribution in [1.82, 2.24) is 0 Å². The fourth-order valence-electron chi connectivity index (χ4n) is 2.17. The van der Waals surface area contributed by atoms with Crippen molar-refractivity contribution < 1.29 is 9.53 Å². The summed E-state index contributed by atoms with van der Waals surface area (Å²) in [5, 5.41) is 11.8. The minimum atomic E-state index is -0.665. The summed E-state index contributed by atoms with van der Waals surface area (Å²) in [5.41, 5.74) is 1.54. The molecule has 124 valence electrons. The van der Waals surface area contributed by atoms with E-state index in [0.29, 0.717) is 5.75 Å². The Bertz CT molecular complexity index is 713. The van der Waals surface area contributed by atoms with Crippen LogP contribution in [0.15, 0.2) is 59.5 Å². The minimum Gasteiger partial charge on any atom is -0.367 e. The zero-order chi connectivity index (χ0) is 17.4. The first-order valence-electron chi connectivity index (χ1n) is 7.65. The van der Waals surface area contributed by atoms with Gasteiger partial charge in [-0.25, -0.2) is 0 Å². The Morgan fingerprint density at radius 2 is 1.88 bits per heavy atom. The van der Waals surface area contributed by atoms with E-state index in [9.17, 15) is 4.79 Å². The van der Waals surface area contributed by atoms with E-state index in [1.54, 1.807) is 11.8 Å². The number of anilines is 1. The fraction of sp³-hybridized carbons (Fsp3) is 0.263. The van der Waals surface area contributed by atoms with Crippen molar-refractivity contribution in [3.63, 3.8) is 0 Å². The van der Waals surface area contributed by atoms with E-state index in [-0.39, 0.29) is 11.8 Å². The van der Waals surface area contributed by atoms with Crippen LogP contribution < -0.4 is 5.32 Å². The van der Waals surface area contributed by atoms with Gasteiger partial charge in [0.05, 0.1) is 17.7 Å². The summed E-state index contributed by atoms with van der Waals surface area (Å²) in [6.45, 7) is 1.88. The first-order chi connectivity index (χ1) is 11.7. The summed E-state index contributed by atoms with van der Waals surface area (Å²) in [5.74, 6) is 0.412. The number of ether oxygens (including phenoxy) is 1. The monoisotopic (exact) mass is 340 g/mol. The van der Waals surface area contributed by atoms with Crippen LogP contribution >= 0.6 is 11.8 Å². The second-order valence-electron chi connectivity index (χ2n) is 5.35. The molecule has 0 aromatic heterocycles. The number of amides is 1. The third-order valence-electron chi connectivity index (χ3n) is 3.43.